The van der Waals surface area contributed by atoms with Gasteiger partial charge in [-0.3, -0.25) is 0 Å². The molecule has 0 fully saturated rings. The predicted octanol–water partition coefficient (Wildman–Crippen LogP) is 3.91. The van der Waals surface area contributed by atoms with Gasteiger partial charge in [-0.2, -0.15) is 13.2 Å². The highest BCUT2D eigenvalue weighted by molar-refractivity contribution is 5.81. The lowest BCUT2D eigenvalue weighted by atomic mass is 10.2. The number of halogens is 3. The molecule has 21 heavy (non-hydrogen) atoms. The maximum Gasteiger partial charge on any atom is 0.416 e. The monoisotopic (exact) mass is 292 g/mol. The van der Waals surface area contributed by atoms with Crippen molar-refractivity contribution in [3.63, 3.8) is 0 Å². The molecule has 0 unspecified atom stereocenters. The van der Waals surface area contributed by atoms with Gasteiger partial charge in [-0.15, -0.1) is 0 Å². The largest absolute Gasteiger partial charge is 0.416 e. The van der Waals surface area contributed by atoms with Crippen molar-refractivity contribution in [1.29, 1.82) is 0 Å². The van der Waals surface area contributed by atoms with E-state index in [0.29, 0.717) is 28.4 Å². The van der Waals surface area contributed by atoms with Crippen LogP contribution in [0.1, 0.15) is 5.56 Å². The lowest BCUT2D eigenvalue weighted by molar-refractivity contribution is -0.137. The first-order valence-corrected chi connectivity index (χ1v) is 6.11. The third-order valence-corrected chi connectivity index (χ3v) is 2.96. The average molecular weight is 292 g/mol. The molecule has 4 nitrogen and oxygen atoms in total. The number of alkyl halides is 3. The number of imidazole rings is 1. The smallest absolute Gasteiger partial charge is 0.399 e. The number of hydrogen-bond donors (Lipinski definition) is 3. The van der Waals surface area contributed by atoms with Gasteiger partial charge in [0.2, 0.25) is 5.95 Å². The maximum absolute atomic E-state index is 12.7. The van der Waals surface area contributed by atoms with Crippen molar-refractivity contribution in [2.75, 3.05) is 11.1 Å². The average Bonchev–Trinajstić information content (AvgIpc) is 2.79. The number of H-pyrrole nitrogens is 1. The van der Waals surface area contributed by atoms with Crippen molar-refractivity contribution in [1.82, 2.24) is 9.97 Å². The summed E-state index contributed by atoms with van der Waals surface area (Å²) in [5.74, 6) is 0.356. The van der Waals surface area contributed by atoms with Crippen LogP contribution in [0.4, 0.5) is 30.5 Å². The molecule has 0 saturated carbocycles. The number of anilines is 3. The number of nitrogens with one attached hydrogen (secondary N) is 2. The molecule has 1 aromatic heterocycles. The van der Waals surface area contributed by atoms with Gasteiger partial charge in [0.05, 0.1) is 16.6 Å². The van der Waals surface area contributed by atoms with E-state index in [4.69, 9.17) is 5.73 Å². The summed E-state index contributed by atoms with van der Waals surface area (Å²) in [5.41, 5.74) is 7.22. The van der Waals surface area contributed by atoms with Crippen LogP contribution >= 0.6 is 0 Å². The Morgan fingerprint density at radius 1 is 1.10 bits per heavy atom. The van der Waals surface area contributed by atoms with Gasteiger partial charge in [-0.25, -0.2) is 4.98 Å². The van der Waals surface area contributed by atoms with E-state index in [1.165, 1.54) is 12.1 Å². The molecular formula is C14H11F3N4. The first-order chi connectivity index (χ1) is 9.91. The highest BCUT2D eigenvalue weighted by Gasteiger charge is 2.30. The Labute approximate surface area is 117 Å². The summed E-state index contributed by atoms with van der Waals surface area (Å²) in [6, 6.07) is 10.1. The molecule has 1 heterocycles. The van der Waals surface area contributed by atoms with E-state index in [1.54, 1.807) is 18.2 Å². The summed E-state index contributed by atoms with van der Waals surface area (Å²) in [6.07, 6.45) is -4.37. The molecule has 7 heteroatoms. The minimum absolute atomic E-state index is 0.303. The summed E-state index contributed by atoms with van der Waals surface area (Å²) in [5, 5.41) is 2.82. The zero-order valence-corrected chi connectivity index (χ0v) is 10.7. The van der Waals surface area contributed by atoms with Gasteiger partial charge >= 0.3 is 6.18 Å². The summed E-state index contributed by atoms with van der Waals surface area (Å²) in [6.45, 7) is 0. The lowest BCUT2D eigenvalue weighted by Crippen LogP contribution is -2.05. The molecule has 108 valence electrons. The first-order valence-electron chi connectivity index (χ1n) is 6.11. The van der Waals surface area contributed by atoms with Crippen LogP contribution in [0.2, 0.25) is 0 Å². The van der Waals surface area contributed by atoms with Gasteiger partial charge in [0.25, 0.3) is 0 Å². The number of nitrogens with two attached hydrogens (primary N) is 1. The summed E-state index contributed by atoms with van der Waals surface area (Å²) in [7, 11) is 0. The van der Waals surface area contributed by atoms with Crippen LogP contribution in [-0.4, -0.2) is 9.97 Å². The van der Waals surface area contributed by atoms with Gasteiger partial charge in [-0.1, -0.05) is 6.07 Å². The second kappa shape index (κ2) is 4.69. The highest BCUT2D eigenvalue weighted by atomic mass is 19.4. The molecule has 0 spiro atoms. The molecule has 0 aliphatic heterocycles. The minimum atomic E-state index is -4.37. The van der Waals surface area contributed by atoms with Crippen molar-refractivity contribution in [2.45, 2.75) is 6.18 Å². The summed E-state index contributed by atoms with van der Waals surface area (Å²) in [4.78, 5) is 7.20. The number of nitrogens with zero attached hydrogens (tertiary/aromatic N) is 1. The summed E-state index contributed by atoms with van der Waals surface area (Å²) < 4.78 is 38.0. The number of fused-ring (bicyclic) bond motifs is 1. The molecule has 4 N–H and O–H groups in total. The fourth-order valence-electron chi connectivity index (χ4n) is 2.00. The normalized spacial score (nSPS) is 11.8. The second-order valence-corrected chi connectivity index (χ2v) is 4.57. The first kappa shape index (κ1) is 13.3. The fraction of sp³-hybridized carbons (Fsp3) is 0.0714. The van der Waals surface area contributed by atoms with Crippen molar-refractivity contribution < 1.29 is 13.2 Å². The topological polar surface area (TPSA) is 66.7 Å². The number of benzene rings is 2. The second-order valence-electron chi connectivity index (χ2n) is 4.57. The molecule has 0 bridgehead atoms. The highest BCUT2D eigenvalue weighted by Crippen LogP contribution is 2.31. The Kier molecular flexibility index (Phi) is 2.97. The number of aromatic nitrogens is 2. The van der Waals surface area contributed by atoms with E-state index < -0.39 is 11.7 Å². The van der Waals surface area contributed by atoms with Gasteiger partial charge in [0, 0.05) is 11.4 Å². The van der Waals surface area contributed by atoms with Crippen LogP contribution in [0.25, 0.3) is 11.0 Å². The number of nitrogen functional groups attached to an aromatic ring is 1. The van der Waals surface area contributed by atoms with Gasteiger partial charge in [0.1, 0.15) is 0 Å². The number of hydrogen-bond acceptors (Lipinski definition) is 3. The maximum atomic E-state index is 12.7. The van der Waals surface area contributed by atoms with E-state index >= 15 is 0 Å². The van der Waals surface area contributed by atoms with Gasteiger partial charge < -0.3 is 16.0 Å². The summed E-state index contributed by atoms with van der Waals surface area (Å²) >= 11 is 0. The third kappa shape index (κ3) is 2.76. The van der Waals surface area contributed by atoms with Crippen molar-refractivity contribution in [2.24, 2.45) is 0 Å². The molecule has 3 aromatic rings. The zero-order chi connectivity index (χ0) is 15.0. The molecule has 0 radical (unpaired) electrons. The van der Waals surface area contributed by atoms with Crippen molar-refractivity contribution >= 4 is 28.4 Å². The Balaban J connectivity index is 1.91. The van der Waals surface area contributed by atoms with Crippen LogP contribution < -0.4 is 11.1 Å². The lowest BCUT2D eigenvalue weighted by Gasteiger charge is -2.08. The van der Waals surface area contributed by atoms with Gasteiger partial charge in [-0.05, 0) is 36.4 Å². The molecule has 0 aliphatic rings. The van der Waals surface area contributed by atoms with Crippen molar-refractivity contribution in [3.05, 3.63) is 48.0 Å². The molecule has 0 amide bonds. The van der Waals surface area contributed by atoms with E-state index in [0.717, 1.165) is 12.1 Å². The molecular weight excluding hydrogens is 281 g/mol. The van der Waals surface area contributed by atoms with Crippen LogP contribution in [0, 0.1) is 0 Å². The minimum Gasteiger partial charge on any atom is -0.399 e. The molecule has 0 atom stereocenters. The van der Waals surface area contributed by atoms with Crippen LogP contribution in [-0.2, 0) is 6.18 Å². The standard InChI is InChI=1S/C14H11F3N4/c15-14(16,17)8-2-1-3-10(6-8)19-13-20-11-5-4-9(18)7-12(11)21-13/h1-7H,18H2,(H2,19,20,21). The van der Waals surface area contributed by atoms with Gasteiger partial charge in [0.15, 0.2) is 0 Å². The molecule has 2 aromatic carbocycles. The van der Waals surface area contributed by atoms with Crippen molar-refractivity contribution in [3.8, 4) is 0 Å². The molecule has 3 rings (SSSR count). The van der Waals surface area contributed by atoms with E-state index in [-0.39, 0.29) is 0 Å². The Morgan fingerprint density at radius 2 is 1.90 bits per heavy atom. The number of rotatable bonds is 2. The van der Waals surface area contributed by atoms with E-state index in [1.807, 2.05) is 0 Å². The van der Waals surface area contributed by atoms with E-state index in [2.05, 4.69) is 15.3 Å². The quantitative estimate of drug-likeness (QED) is 0.627. The zero-order valence-electron chi connectivity index (χ0n) is 10.7. The molecule has 0 aliphatic carbocycles. The Hall–Kier alpha value is -2.70. The Morgan fingerprint density at radius 3 is 2.67 bits per heavy atom. The Bertz CT molecular complexity index is 792. The predicted molar refractivity (Wildman–Crippen MR) is 75.2 cm³/mol. The number of aromatic amines is 1. The molecule has 0 saturated heterocycles. The van der Waals surface area contributed by atoms with Crippen LogP contribution in [0.3, 0.4) is 0 Å². The van der Waals surface area contributed by atoms with E-state index in [9.17, 15) is 13.2 Å². The van der Waals surface area contributed by atoms with Crippen LogP contribution in [0.5, 0.6) is 0 Å². The SMILES string of the molecule is Nc1ccc2nc(Nc3cccc(C(F)(F)F)c3)[nH]c2c1. The third-order valence-electron chi connectivity index (χ3n) is 2.96. The van der Waals surface area contributed by atoms with Crippen LogP contribution in [0.15, 0.2) is 42.5 Å². The fourth-order valence-corrected chi connectivity index (χ4v) is 2.00.